The van der Waals surface area contributed by atoms with Crippen LogP contribution in [0.3, 0.4) is 0 Å². The van der Waals surface area contributed by atoms with Gasteiger partial charge in [0, 0.05) is 17.8 Å². The van der Waals surface area contributed by atoms with Crippen LogP contribution in [0.5, 0.6) is 0 Å². The van der Waals surface area contributed by atoms with Crippen LogP contribution in [0, 0.1) is 12.8 Å². The Morgan fingerprint density at radius 1 is 1.18 bits per heavy atom. The Hall–Kier alpha value is -2.87. The summed E-state index contributed by atoms with van der Waals surface area (Å²) in [5, 5.41) is 2.88. The lowest BCUT2D eigenvalue weighted by molar-refractivity contribution is -0.140. The summed E-state index contributed by atoms with van der Waals surface area (Å²) in [6.45, 7) is 6.31. The normalized spacial score (nSPS) is 14.1. The number of esters is 2. The van der Waals surface area contributed by atoms with Gasteiger partial charge in [-0.1, -0.05) is 19.9 Å². The Bertz CT molecular complexity index is 800. The van der Waals surface area contributed by atoms with Gasteiger partial charge in [0.1, 0.15) is 12.4 Å². The molecule has 0 aliphatic carbocycles. The van der Waals surface area contributed by atoms with Crippen LogP contribution in [-0.4, -0.2) is 51.9 Å². The molecule has 1 N–H and O–H groups in total. The molecular formula is C20H26N2O6. The summed E-state index contributed by atoms with van der Waals surface area (Å²) in [4.78, 5) is 38.6. The van der Waals surface area contributed by atoms with E-state index in [2.05, 4.69) is 5.32 Å². The summed E-state index contributed by atoms with van der Waals surface area (Å²) in [5.74, 6) is -1.24. The van der Waals surface area contributed by atoms with E-state index in [0.717, 1.165) is 0 Å². The molecule has 1 heterocycles. The minimum absolute atomic E-state index is 0.0306. The van der Waals surface area contributed by atoms with Gasteiger partial charge in [0.15, 0.2) is 0 Å². The van der Waals surface area contributed by atoms with E-state index in [1.54, 1.807) is 25.1 Å². The zero-order valence-corrected chi connectivity index (χ0v) is 16.8. The second-order valence-electron chi connectivity index (χ2n) is 6.77. The van der Waals surface area contributed by atoms with Gasteiger partial charge in [-0.15, -0.1) is 0 Å². The Balaban J connectivity index is 2.50. The summed E-state index contributed by atoms with van der Waals surface area (Å²) in [6.07, 6.45) is 0. The van der Waals surface area contributed by atoms with Crippen LogP contribution in [0.1, 0.15) is 29.8 Å². The predicted octanol–water partition coefficient (Wildman–Crippen LogP) is 1.78. The fourth-order valence-corrected chi connectivity index (χ4v) is 2.89. The molecular weight excluding hydrogens is 364 g/mol. The number of anilines is 1. The average molecular weight is 390 g/mol. The Morgan fingerprint density at radius 2 is 1.86 bits per heavy atom. The molecule has 0 unspecified atom stereocenters. The maximum atomic E-state index is 12.6. The molecule has 1 aliphatic rings. The molecule has 0 atom stereocenters. The van der Waals surface area contributed by atoms with Gasteiger partial charge < -0.3 is 24.4 Å². The molecule has 0 spiro atoms. The van der Waals surface area contributed by atoms with Crippen LogP contribution >= 0.6 is 0 Å². The largest absolute Gasteiger partial charge is 0.466 e. The number of hydrogen-bond donors (Lipinski definition) is 1. The van der Waals surface area contributed by atoms with Crippen molar-refractivity contribution >= 4 is 23.5 Å². The number of carbonyl (C=O) groups is 3. The molecule has 28 heavy (non-hydrogen) atoms. The molecule has 1 aromatic rings. The number of hydrogen-bond acceptors (Lipinski definition) is 7. The van der Waals surface area contributed by atoms with Crippen LogP contribution in [0.25, 0.3) is 0 Å². The average Bonchev–Trinajstić information content (AvgIpc) is 2.70. The molecule has 0 fully saturated rings. The van der Waals surface area contributed by atoms with Crippen molar-refractivity contribution in [3.63, 3.8) is 0 Å². The molecule has 0 bridgehead atoms. The van der Waals surface area contributed by atoms with Gasteiger partial charge in [-0.25, -0.2) is 9.59 Å². The standard InChI is InChI=1S/C20H26N2O6/c1-12(2)9-21-18(23)14-7-6-8-16(13(14)3)22-11-28-10-15(19(24)26-4)17(22)20(25)27-5/h6-8,12H,9-11H2,1-5H3,(H,21,23). The first-order chi connectivity index (χ1) is 13.3. The molecule has 8 heteroatoms. The van der Waals surface area contributed by atoms with Crippen molar-refractivity contribution in [1.29, 1.82) is 0 Å². The van der Waals surface area contributed by atoms with Gasteiger partial charge in [0.05, 0.1) is 26.4 Å². The van der Waals surface area contributed by atoms with E-state index in [-0.39, 0.29) is 30.5 Å². The number of carbonyl (C=O) groups excluding carboxylic acids is 3. The Morgan fingerprint density at radius 3 is 2.46 bits per heavy atom. The number of amides is 1. The topological polar surface area (TPSA) is 94.2 Å². The van der Waals surface area contributed by atoms with Crippen molar-refractivity contribution in [2.24, 2.45) is 5.92 Å². The van der Waals surface area contributed by atoms with E-state index in [1.807, 2.05) is 13.8 Å². The second-order valence-corrected chi connectivity index (χ2v) is 6.77. The van der Waals surface area contributed by atoms with Crippen LogP contribution in [0.15, 0.2) is 29.5 Å². The molecule has 1 aliphatic heterocycles. The summed E-state index contributed by atoms with van der Waals surface area (Å²) in [6, 6.07) is 5.18. The van der Waals surface area contributed by atoms with Crippen LogP contribution < -0.4 is 10.2 Å². The Kier molecular flexibility index (Phi) is 7.17. The summed E-state index contributed by atoms with van der Waals surface area (Å²) in [5.41, 5.74) is 1.81. The van der Waals surface area contributed by atoms with E-state index in [9.17, 15) is 14.4 Å². The first-order valence-corrected chi connectivity index (χ1v) is 8.94. The highest BCUT2D eigenvalue weighted by molar-refractivity contribution is 6.04. The molecule has 0 radical (unpaired) electrons. The predicted molar refractivity (Wildman–Crippen MR) is 103 cm³/mol. The zero-order valence-electron chi connectivity index (χ0n) is 16.8. The lowest BCUT2D eigenvalue weighted by Crippen LogP contribution is -2.39. The monoisotopic (exact) mass is 390 g/mol. The first kappa shape index (κ1) is 21.4. The molecule has 0 aromatic heterocycles. The molecule has 1 aromatic carbocycles. The van der Waals surface area contributed by atoms with E-state index in [4.69, 9.17) is 14.2 Å². The van der Waals surface area contributed by atoms with Crippen molar-refractivity contribution in [1.82, 2.24) is 5.32 Å². The van der Waals surface area contributed by atoms with Crippen molar-refractivity contribution in [3.05, 3.63) is 40.6 Å². The quantitative estimate of drug-likeness (QED) is 0.740. The SMILES string of the molecule is COC(=O)C1=C(C(=O)OC)N(c2cccc(C(=O)NCC(C)C)c2C)COC1. The molecule has 0 saturated carbocycles. The minimum Gasteiger partial charge on any atom is -0.466 e. The van der Waals surface area contributed by atoms with Gasteiger partial charge in [0.25, 0.3) is 5.91 Å². The van der Waals surface area contributed by atoms with E-state index < -0.39 is 11.9 Å². The third kappa shape index (κ3) is 4.51. The Labute approximate surface area is 164 Å². The maximum Gasteiger partial charge on any atom is 0.355 e. The highest BCUT2D eigenvalue weighted by Gasteiger charge is 2.33. The smallest absolute Gasteiger partial charge is 0.355 e. The van der Waals surface area contributed by atoms with Gasteiger partial charge in [-0.3, -0.25) is 4.79 Å². The van der Waals surface area contributed by atoms with E-state index >= 15 is 0 Å². The van der Waals surface area contributed by atoms with Gasteiger partial charge in [-0.2, -0.15) is 0 Å². The number of methoxy groups -OCH3 is 2. The highest BCUT2D eigenvalue weighted by atomic mass is 16.5. The van der Waals surface area contributed by atoms with Crippen molar-refractivity contribution < 1.29 is 28.6 Å². The van der Waals surface area contributed by atoms with Gasteiger partial charge in [-0.05, 0) is 30.5 Å². The van der Waals surface area contributed by atoms with Crippen molar-refractivity contribution in [3.8, 4) is 0 Å². The number of benzene rings is 1. The van der Waals surface area contributed by atoms with Crippen LogP contribution in [0.4, 0.5) is 5.69 Å². The maximum absolute atomic E-state index is 12.6. The molecule has 0 saturated heterocycles. The number of nitrogens with zero attached hydrogens (tertiary/aromatic N) is 1. The van der Waals surface area contributed by atoms with E-state index in [1.165, 1.54) is 19.1 Å². The zero-order chi connectivity index (χ0) is 20.8. The third-order valence-electron chi connectivity index (χ3n) is 4.34. The molecule has 1 amide bonds. The minimum atomic E-state index is -0.683. The molecule has 152 valence electrons. The fraction of sp³-hybridized carbons (Fsp3) is 0.450. The molecule has 2 rings (SSSR count). The number of nitrogens with one attached hydrogen (secondary N) is 1. The summed E-state index contributed by atoms with van der Waals surface area (Å²) >= 11 is 0. The lowest BCUT2D eigenvalue weighted by atomic mass is 10.0. The summed E-state index contributed by atoms with van der Waals surface area (Å²) < 4.78 is 15.1. The third-order valence-corrected chi connectivity index (χ3v) is 4.34. The van der Waals surface area contributed by atoms with Gasteiger partial charge in [0.2, 0.25) is 0 Å². The van der Waals surface area contributed by atoms with E-state index in [0.29, 0.717) is 29.3 Å². The highest BCUT2D eigenvalue weighted by Crippen LogP contribution is 2.30. The first-order valence-electron chi connectivity index (χ1n) is 8.94. The van der Waals surface area contributed by atoms with Crippen LogP contribution in [-0.2, 0) is 23.8 Å². The van der Waals surface area contributed by atoms with Crippen molar-refractivity contribution in [2.75, 3.05) is 39.0 Å². The lowest BCUT2D eigenvalue weighted by Gasteiger charge is -2.32. The van der Waals surface area contributed by atoms with Gasteiger partial charge >= 0.3 is 11.9 Å². The van der Waals surface area contributed by atoms with Crippen molar-refractivity contribution in [2.45, 2.75) is 20.8 Å². The number of ether oxygens (including phenoxy) is 3. The number of rotatable bonds is 6. The summed E-state index contributed by atoms with van der Waals surface area (Å²) in [7, 11) is 2.47. The molecule has 8 nitrogen and oxygen atoms in total. The fourth-order valence-electron chi connectivity index (χ4n) is 2.89. The second kappa shape index (κ2) is 9.36. The van der Waals surface area contributed by atoms with Crippen LogP contribution in [0.2, 0.25) is 0 Å².